The zero-order valence-electron chi connectivity index (χ0n) is 17.3. The number of hydrogen-bond donors (Lipinski definition) is 0. The van der Waals surface area contributed by atoms with Crippen molar-refractivity contribution >= 4 is 5.57 Å². The Labute approximate surface area is 169 Å². The molecule has 3 rings (SSSR count). The first-order chi connectivity index (χ1) is 13.5. The molecule has 0 unspecified atom stereocenters. The van der Waals surface area contributed by atoms with Gasteiger partial charge < -0.3 is 0 Å². The highest BCUT2D eigenvalue weighted by Crippen LogP contribution is 2.29. The van der Waals surface area contributed by atoms with Crippen LogP contribution in [0.15, 0.2) is 97.1 Å². The molecule has 0 nitrogen and oxygen atoms in total. The van der Waals surface area contributed by atoms with E-state index >= 15 is 0 Å². The van der Waals surface area contributed by atoms with Crippen molar-refractivity contribution in [1.29, 1.82) is 0 Å². The Morgan fingerprint density at radius 3 is 1.93 bits per heavy atom. The number of rotatable bonds is 5. The molecular formula is C28H28. The standard InChI is InChI=1S/C28H28/c1-6-23(10-7-20(2)3)24-13-15-25(16-14-24)27-17-18-28(22(5)19-27)26-11-8-21(4)9-12-26/h6-19H,2H2,1,3-5H3/b10-7-,23-6+. The van der Waals surface area contributed by atoms with Crippen LogP contribution in [0.4, 0.5) is 0 Å². The van der Waals surface area contributed by atoms with Gasteiger partial charge in [0.2, 0.25) is 0 Å². The molecule has 0 aliphatic carbocycles. The van der Waals surface area contributed by atoms with Gasteiger partial charge in [0, 0.05) is 0 Å². The third-order valence-corrected chi connectivity index (χ3v) is 5.00. The third-order valence-electron chi connectivity index (χ3n) is 5.00. The fourth-order valence-corrected chi connectivity index (χ4v) is 3.35. The molecule has 3 aromatic rings. The van der Waals surface area contributed by atoms with E-state index in [1.54, 1.807) is 0 Å². The molecule has 140 valence electrons. The van der Waals surface area contributed by atoms with Crippen LogP contribution in [0.5, 0.6) is 0 Å². The highest BCUT2D eigenvalue weighted by atomic mass is 14.1. The van der Waals surface area contributed by atoms with Crippen LogP contribution in [-0.2, 0) is 0 Å². The minimum atomic E-state index is 1.06. The topological polar surface area (TPSA) is 0 Å². The second kappa shape index (κ2) is 8.71. The van der Waals surface area contributed by atoms with E-state index < -0.39 is 0 Å². The first-order valence-electron chi connectivity index (χ1n) is 9.76. The van der Waals surface area contributed by atoms with E-state index in [0.29, 0.717) is 0 Å². The lowest BCUT2D eigenvalue weighted by Crippen LogP contribution is -1.87. The maximum atomic E-state index is 3.94. The first kappa shape index (κ1) is 19.6. The molecule has 0 saturated heterocycles. The Kier molecular flexibility index (Phi) is 6.11. The van der Waals surface area contributed by atoms with Crippen LogP contribution < -0.4 is 0 Å². The van der Waals surface area contributed by atoms with Crippen LogP contribution in [0.2, 0.25) is 0 Å². The molecule has 0 aliphatic heterocycles. The highest BCUT2D eigenvalue weighted by Gasteiger charge is 2.05. The van der Waals surface area contributed by atoms with Crippen molar-refractivity contribution in [3.05, 3.63) is 114 Å². The van der Waals surface area contributed by atoms with Crippen LogP contribution in [0.25, 0.3) is 27.8 Å². The minimum absolute atomic E-state index is 1.06. The summed E-state index contributed by atoms with van der Waals surface area (Å²) in [5.74, 6) is 0. The average molecular weight is 365 g/mol. The molecule has 28 heavy (non-hydrogen) atoms. The number of aryl methyl sites for hydroxylation is 2. The zero-order chi connectivity index (χ0) is 20.1. The van der Waals surface area contributed by atoms with Crippen molar-refractivity contribution < 1.29 is 0 Å². The summed E-state index contributed by atoms with van der Waals surface area (Å²) in [5.41, 5.74) is 11.1. The van der Waals surface area contributed by atoms with E-state index in [-0.39, 0.29) is 0 Å². The fraction of sp³-hybridized carbons (Fsp3) is 0.143. The van der Waals surface area contributed by atoms with Crippen LogP contribution in [0, 0.1) is 13.8 Å². The molecule has 0 heterocycles. The van der Waals surface area contributed by atoms with Gasteiger partial charge in [0.15, 0.2) is 0 Å². The van der Waals surface area contributed by atoms with Crippen molar-refractivity contribution in [2.24, 2.45) is 0 Å². The van der Waals surface area contributed by atoms with Crippen LogP contribution >= 0.6 is 0 Å². The predicted molar refractivity (Wildman–Crippen MR) is 124 cm³/mol. The largest absolute Gasteiger partial charge is 0.0961 e. The molecule has 0 saturated carbocycles. The molecule has 0 atom stereocenters. The molecule has 0 N–H and O–H groups in total. The van der Waals surface area contributed by atoms with Crippen LogP contribution in [0.1, 0.15) is 30.5 Å². The van der Waals surface area contributed by atoms with Gasteiger partial charge in [0.1, 0.15) is 0 Å². The molecule has 0 amide bonds. The lowest BCUT2D eigenvalue weighted by molar-refractivity contribution is 1.43. The molecule has 0 aliphatic rings. The Morgan fingerprint density at radius 1 is 0.750 bits per heavy atom. The van der Waals surface area contributed by atoms with Gasteiger partial charge >= 0.3 is 0 Å². The summed E-state index contributed by atoms with van der Waals surface area (Å²) >= 11 is 0. The quantitative estimate of drug-likeness (QED) is 0.400. The van der Waals surface area contributed by atoms with Gasteiger partial charge in [0.25, 0.3) is 0 Å². The summed E-state index contributed by atoms with van der Waals surface area (Å²) in [6, 6.07) is 24.2. The number of allylic oxidation sites excluding steroid dienone is 5. The minimum Gasteiger partial charge on any atom is -0.0961 e. The van der Waals surface area contributed by atoms with E-state index in [1.807, 2.05) is 6.92 Å². The Balaban J connectivity index is 1.87. The molecule has 3 aromatic carbocycles. The molecule has 0 spiro atoms. The summed E-state index contributed by atoms with van der Waals surface area (Å²) in [4.78, 5) is 0. The molecule has 0 radical (unpaired) electrons. The summed E-state index contributed by atoms with van der Waals surface area (Å²) in [6.45, 7) is 12.3. The third kappa shape index (κ3) is 4.58. The second-order valence-electron chi connectivity index (χ2n) is 7.40. The van der Waals surface area contributed by atoms with Crippen molar-refractivity contribution in [1.82, 2.24) is 0 Å². The van der Waals surface area contributed by atoms with Crippen molar-refractivity contribution in [2.45, 2.75) is 27.7 Å². The number of benzene rings is 3. The summed E-state index contributed by atoms with van der Waals surface area (Å²) in [7, 11) is 0. The first-order valence-corrected chi connectivity index (χ1v) is 9.76. The normalized spacial score (nSPS) is 11.8. The fourth-order valence-electron chi connectivity index (χ4n) is 3.35. The molecule has 0 aromatic heterocycles. The van der Waals surface area contributed by atoms with E-state index in [1.165, 1.54) is 44.5 Å². The summed E-state index contributed by atoms with van der Waals surface area (Å²) in [5, 5.41) is 0. The highest BCUT2D eigenvalue weighted by molar-refractivity contribution is 5.78. The van der Waals surface area contributed by atoms with Gasteiger partial charge in [-0.25, -0.2) is 0 Å². The van der Waals surface area contributed by atoms with E-state index in [2.05, 4.69) is 112 Å². The lowest BCUT2D eigenvalue weighted by Gasteiger charge is -2.10. The van der Waals surface area contributed by atoms with Crippen molar-refractivity contribution in [3.8, 4) is 22.3 Å². The Morgan fingerprint density at radius 2 is 1.36 bits per heavy atom. The van der Waals surface area contributed by atoms with Crippen molar-refractivity contribution in [3.63, 3.8) is 0 Å². The number of hydrogen-bond acceptors (Lipinski definition) is 0. The van der Waals surface area contributed by atoms with Crippen molar-refractivity contribution in [2.75, 3.05) is 0 Å². The molecular weight excluding hydrogens is 336 g/mol. The van der Waals surface area contributed by atoms with Crippen LogP contribution in [0.3, 0.4) is 0 Å². The van der Waals surface area contributed by atoms with Gasteiger partial charge in [-0.15, -0.1) is 0 Å². The molecule has 0 heteroatoms. The van der Waals surface area contributed by atoms with Gasteiger partial charge in [-0.1, -0.05) is 103 Å². The van der Waals surface area contributed by atoms with E-state index in [9.17, 15) is 0 Å². The van der Waals surface area contributed by atoms with Gasteiger partial charge in [0.05, 0.1) is 0 Å². The van der Waals surface area contributed by atoms with Gasteiger partial charge in [-0.05, 0) is 66.6 Å². The zero-order valence-corrected chi connectivity index (χ0v) is 17.3. The maximum Gasteiger partial charge on any atom is -0.0154 e. The van der Waals surface area contributed by atoms with Crippen LogP contribution in [-0.4, -0.2) is 0 Å². The second-order valence-corrected chi connectivity index (χ2v) is 7.40. The summed E-state index contributed by atoms with van der Waals surface area (Å²) in [6.07, 6.45) is 6.31. The summed E-state index contributed by atoms with van der Waals surface area (Å²) < 4.78 is 0. The monoisotopic (exact) mass is 364 g/mol. The average Bonchev–Trinajstić information content (AvgIpc) is 2.69. The van der Waals surface area contributed by atoms with E-state index in [0.717, 1.165) is 5.57 Å². The lowest BCUT2D eigenvalue weighted by atomic mass is 9.94. The molecule has 0 bridgehead atoms. The predicted octanol–water partition coefficient (Wildman–Crippen LogP) is 8.17. The molecule has 0 fully saturated rings. The van der Waals surface area contributed by atoms with Gasteiger partial charge in [-0.2, -0.15) is 0 Å². The Bertz CT molecular complexity index is 1030. The van der Waals surface area contributed by atoms with Gasteiger partial charge in [-0.3, -0.25) is 0 Å². The Hall–Kier alpha value is -3.12. The maximum absolute atomic E-state index is 3.94. The van der Waals surface area contributed by atoms with E-state index in [4.69, 9.17) is 0 Å². The smallest absolute Gasteiger partial charge is 0.0154 e. The SMILES string of the molecule is C=C(C)/C=C\C(=C/C)c1ccc(-c2ccc(-c3ccc(C)cc3)c(C)c2)cc1.